The topological polar surface area (TPSA) is 69.1 Å². The summed E-state index contributed by atoms with van der Waals surface area (Å²) in [4.78, 5) is 21.6. The summed E-state index contributed by atoms with van der Waals surface area (Å²) in [6, 6.07) is 5.77. The van der Waals surface area contributed by atoms with Crippen LogP contribution in [-0.2, 0) is 22.6 Å². The zero-order chi connectivity index (χ0) is 18.2. The molecule has 0 N–H and O–H groups in total. The summed E-state index contributed by atoms with van der Waals surface area (Å²) in [7, 11) is 0. The molecule has 0 saturated carbocycles. The number of carbonyl (C=O) groups excluding carboxylic acids is 1. The third kappa shape index (κ3) is 3.15. The molecule has 8 nitrogen and oxygen atoms in total. The largest absolute Gasteiger partial charge is 0.454 e. The van der Waals surface area contributed by atoms with Gasteiger partial charge in [0.15, 0.2) is 11.5 Å². The van der Waals surface area contributed by atoms with Crippen LogP contribution in [0.4, 0.5) is 0 Å². The minimum absolute atomic E-state index is 0.146. The second kappa shape index (κ2) is 6.86. The molecule has 2 aromatic rings. The summed E-state index contributed by atoms with van der Waals surface area (Å²) in [6.45, 7) is 4.97. The van der Waals surface area contributed by atoms with E-state index < -0.39 is 0 Å². The first-order chi connectivity index (χ1) is 13.3. The number of amides is 1. The fraction of sp³-hybridized carbons (Fsp3) is 0.474. The summed E-state index contributed by atoms with van der Waals surface area (Å²) in [5.74, 6) is 1.72. The van der Waals surface area contributed by atoms with Crippen molar-refractivity contribution in [3.8, 4) is 11.5 Å². The number of morpholine rings is 1. The molecule has 1 saturated heterocycles. The minimum Gasteiger partial charge on any atom is -0.454 e. The maximum atomic E-state index is 13.1. The Kier molecular flexibility index (Phi) is 4.21. The zero-order valence-electron chi connectivity index (χ0n) is 15.0. The molecule has 0 spiro atoms. The van der Waals surface area contributed by atoms with E-state index in [2.05, 4.69) is 16.0 Å². The van der Waals surface area contributed by atoms with Gasteiger partial charge in [0, 0.05) is 38.9 Å². The van der Waals surface area contributed by atoms with Crippen molar-refractivity contribution in [2.24, 2.45) is 0 Å². The van der Waals surface area contributed by atoms with Gasteiger partial charge >= 0.3 is 0 Å². The molecule has 0 aliphatic carbocycles. The molecule has 1 atom stereocenters. The predicted molar refractivity (Wildman–Crippen MR) is 95.3 cm³/mol. The first-order valence-corrected chi connectivity index (χ1v) is 9.26. The highest BCUT2D eigenvalue weighted by Crippen LogP contribution is 2.33. The fourth-order valence-electron chi connectivity index (χ4n) is 3.97. The van der Waals surface area contributed by atoms with Gasteiger partial charge in [0.05, 0.1) is 25.2 Å². The molecular weight excluding hydrogens is 348 g/mol. The highest BCUT2D eigenvalue weighted by molar-refractivity contribution is 5.81. The number of rotatable bonds is 3. The smallest absolute Gasteiger partial charge is 0.247 e. The van der Waals surface area contributed by atoms with Gasteiger partial charge in [0.1, 0.15) is 6.04 Å². The van der Waals surface area contributed by atoms with E-state index in [1.165, 1.54) is 0 Å². The molecule has 1 aromatic heterocycles. The van der Waals surface area contributed by atoms with Crippen molar-refractivity contribution in [3.63, 3.8) is 0 Å². The highest BCUT2D eigenvalue weighted by atomic mass is 16.7. The van der Waals surface area contributed by atoms with E-state index in [9.17, 15) is 4.79 Å². The first kappa shape index (κ1) is 16.6. The Balaban J connectivity index is 1.35. The second-order valence-corrected chi connectivity index (χ2v) is 7.10. The molecule has 1 amide bonds. The monoisotopic (exact) mass is 370 g/mol. The number of fused-ring (bicyclic) bond motifs is 2. The second-order valence-electron chi connectivity index (χ2n) is 7.10. The molecule has 3 aliphatic heterocycles. The van der Waals surface area contributed by atoms with Crippen molar-refractivity contribution in [1.82, 2.24) is 19.4 Å². The van der Waals surface area contributed by atoms with Crippen LogP contribution in [0.25, 0.3) is 0 Å². The third-order valence-electron chi connectivity index (χ3n) is 5.35. The van der Waals surface area contributed by atoms with Gasteiger partial charge in [-0.25, -0.2) is 4.98 Å². The molecule has 5 rings (SSSR count). The van der Waals surface area contributed by atoms with Crippen LogP contribution >= 0.6 is 0 Å². The van der Waals surface area contributed by atoms with Gasteiger partial charge in [0.25, 0.3) is 0 Å². The Morgan fingerprint density at radius 3 is 2.93 bits per heavy atom. The molecule has 1 fully saturated rings. The van der Waals surface area contributed by atoms with Crippen LogP contribution in [0.5, 0.6) is 11.5 Å². The molecule has 3 aliphatic rings. The van der Waals surface area contributed by atoms with E-state index in [1.807, 2.05) is 27.8 Å². The average molecular weight is 370 g/mol. The Labute approximate surface area is 157 Å². The predicted octanol–water partition coefficient (Wildman–Crippen LogP) is 1.03. The van der Waals surface area contributed by atoms with Gasteiger partial charge in [-0.15, -0.1) is 0 Å². The Bertz CT molecular complexity index is 846. The van der Waals surface area contributed by atoms with Crippen LogP contribution in [0.2, 0.25) is 0 Å². The van der Waals surface area contributed by atoms with E-state index in [0.29, 0.717) is 32.8 Å². The fourth-order valence-corrected chi connectivity index (χ4v) is 3.97. The molecule has 4 heterocycles. The molecule has 1 aromatic carbocycles. The van der Waals surface area contributed by atoms with Crippen LogP contribution < -0.4 is 9.47 Å². The summed E-state index contributed by atoms with van der Waals surface area (Å²) in [5.41, 5.74) is 2.21. The Morgan fingerprint density at radius 2 is 2.04 bits per heavy atom. The Hall–Kier alpha value is -2.58. The van der Waals surface area contributed by atoms with Crippen molar-refractivity contribution < 1.29 is 19.0 Å². The van der Waals surface area contributed by atoms with Crippen LogP contribution in [0, 0.1) is 0 Å². The number of ether oxygens (including phenoxy) is 3. The van der Waals surface area contributed by atoms with E-state index >= 15 is 0 Å². The quantitative estimate of drug-likeness (QED) is 0.804. The molecule has 0 unspecified atom stereocenters. The Morgan fingerprint density at radius 1 is 1.19 bits per heavy atom. The van der Waals surface area contributed by atoms with Gasteiger partial charge < -0.3 is 23.7 Å². The zero-order valence-corrected chi connectivity index (χ0v) is 15.0. The normalized spacial score (nSPS) is 21.9. The molecule has 142 valence electrons. The first-order valence-electron chi connectivity index (χ1n) is 9.26. The number of nitrogens with zero attached hydrogens (tertiary/aromatic N) is 4. The van der Waals surface area contributed by atoms with Crippen molar-refractivity contribution >= 4 is 5.91 Å². The number of hydrogen-bond donors (Lipinski definition) is 0. The summed E-state index contributed by atoms with van der Waals surface area (Å²) in [6.07, 6.45) is 3.63. The molecule has 27 heavy (non-hydrogen) atoms. The number of carbonyl (C=O) groups is 1. The molecular formula is C19H22N4O4. The van der Waals surface area contributed by atoms with Gasteiger partial charge in [-0.3, -0.25) is 9.69 Å². The SMILES string of the molecule is O=C([C@H]1CN(Cc2ccc3c(c2)OCO3)Cc2cncn21)N1CCOCC1. The lowest BCUT2D eigenvalue weighted by molar-refractivity contribution is -0.140. The van der Waals surface area contributed by atoms with E-state index in [0.717, 1.165) is 35.8 Å². The lowest BCUT2D eigenvalue weighted by atomic mass is 10.1. The number of hydrogen-bond acceptors (Lipinski definition) is 6. The lowest BCUT2D eigenvalue weighted by Crippen LogP contribution is -2.49. The lowest BCUT2D eigenvalue weighted by Gasteiger charge is -2.37. The number of imidazole rings is 1. The van der Waals surface area contributed by atoms with Crippen molar-refractivity contribution in [2.45, 2.75) is 19.1 Å². The van der Waals surface area contributed by atoms with E-state index in [4.69, 9.17) is 14.2 Å². The van der Waals surface area contributed by atoms with Crippen LogP contribution in [0.3, 0.4) is 0 Å². The molecule has 0 radical (unpaired) electrons. The van der Waals surface area contributed by atoms with Gasteiger partial charge in [-0.2, -0.15) is 0 Å². The summed E-state index contributed by atoms with van der Waals surface area (Å²) in [5, 5.41) is 0. The van der Waals surface area contributed by atoms with Gasteiger partial charge in [0.2, 0.25) is 12.7 Å². The van der Waals surface area contributed by atoms with Gasteiger partial charge in [-0.05, 0) is 17.7 Å². The minimum atomic E-state index is -0.247. The van der Waals surface area contributed by atoms with Crippen LogP contribution in [0.15, 0.2) is 30.7 Å². The van der Waals surface area contributed by atoms with Crippen LogP contribution in [0.1, 0.15) is 17.3 Å². The van der Waals surface area contributed by atoms with E-state index in [1.54, 1.807) is 6.33 Å². The third-order valence-corrected chi connectivity index (χ3v) is 5.35. The number of benzene rings is 1. The summed E-state index contributed by atoms with van der Waals surface area (Å²) >= 11 is 0. The van der Waals surface area contributed by atoms with Crippen molar-refractivity contribution in [1.29, 1.82) is 0 Å². The van der Waals surface area contributed by atoms with Gasteiger partial charge in [-0.1, -0.05) is 6.07 Å². The number of aromatic nitrogens is 2. The standard InChI is InChI=1S/C19H22N4O4/c24-19(22-3-5-25-6-4-22)16-11-21(10-15-8-20-12-23(15)16)9-14-1-2-17-18(7-14)27-13-26-17/h1-2,7-8,12,16H,3-6,9-11,13H2/t16-/m1/s1. The van der Waals surface area contributed by atoms with Crippen molar-refractivity contribution in [2.75, 3.05) is 39.6 Å². The maximum absolute atomic E-state index is 13.1. The molecule has 8 heteroatoms. The highest BCUT2D eigenvalue weighted by Gasteiger charge is 2.33. The molecule has 0 bridgehead atoms. The maximum Gasteiger partial charge on any atom is 0.247 e. The van der Waals surface area contributed by atoms with E-state index in [-0.39, 0.29) is 18.7 Å². The van der Waals surface area contributed by atoms with Crippen molar-refractivity contribution in [3.05, 3.63) is 42.0 Å². The van der Waals surface area contributed by atoms with Crippen LogP contribution in [-0.4, -0.2) is 64.9 Å². The summed E-state index contributed by atoms with van der Waals surface area (Å²) < 4.78 is 18.3. The average Bonchev–Trinajstić information content (AvgIpc) is 3.36.